The first-order valence-electron chi connectivity index (χ1n) is 9.26. The fourth-order valence-corrected chi connectivity index (χ4v) is 3.15. The molecule has 4 aromatic rings. The lowest BCUT2D eigenvalue weighted by atomic mass is 10.0. The summed E-state index contributed by atoms with van der Waals surface area (Å²) in [4.78, 5) is 31.6. The molecule has 1 amide bonds. The van der Waals surface area contributed by atoms with Gasteiger partial charge in [-0.25, -0.2) is 0 Å². The smallest absolute Gasteiger partial charge is 0.261 e. The number of carbonyl (C=O) groups is 1. The number of benzene rings is 2. The van der Waals surface area contributed by atoms with Crippen LogP contribution in [-0.2, 0) is 6.42 Å². The summed E-state index contributed by atoms with van der Waals surface area (Å²) in [6.07, 6.45) is 5.69. The Morgan fingerprint density at radius 2 is 1.62 bits per heavy atom. The highest BCUT2D eigenvalue weighted by molar-refractivity contribution is 6.04. The molecule has 0 saturated heterocycles. The van der Waals surface area contributed by atoms with Crippen LogP contribution in [0.25, 0.3) is 11.1 Å². The van der Waals surface area contributed by atoms with Gasteiger partial charge >= 0.3 is 0 Å². The minimum atomic E-state index is -0.445. The van der Waals surface area contributed by atoms with Crippen molar-refractivity contribution < 1.29 is 4.79 Å². The summed E-state index contributed by atoms with van der Waals surface area (Å²) >= 11 is 0. The van der Waals surface area contributed by atoms with Crippen molar-refractivity contribution >= 4 is 11.6 Å². The van der Waals surface area contributed by atoms with Gasteiger partial charge in [0.05, 0.1) is 0 Å². The number of pyridine rings is 2. The molecule has 0 fully saturated rings. The number of aromatic nitrogens is 2. The van der Waals surface area contributed by atoms with E-state index in [1.807, 2.05) is 54.6 Å². The monoisotopic (exact) mass is 381 g/mol. The van der Waals surface area contributed by atoms with Crippen molar-refractivity contribution in [2.24, 2.45) is 0 Å². The van der Waals surface area contributed by atoms with Gasteiger partial charge in [-0.2, -0.15) is 0 Å². The highest BCUT2D eigenvalue weighted by Gasteiger charge is 2.13. The van der Waals surface area contributed by atoms with Crippen molar-refractivity contribution in [2.45, 2.75) is 6.42 Å². The fourth-order valence-electron chi connectivity index (χ4n) is 3.15. The Labute approximate surface area is 168 Å². The fraction of sp³-hybridized carbons (Fsp3) is 0.0417. The second-order valence-electron chi connectivity index (χ2n) is 6.68. The molecule has 29 heavy (non-hydrogen) atoms. The summed E-state index contributed by atoms with van der Waals surface area (Å²) in [5.41, 5.74) is 4.17. The van der Waals surface area contributed by atoms with E-state index in [4.69, 9.17) is 0 Å². The predicted octanol–water partition coefficient (Wildman–Crippen LogP) is 4.28. The average molecular weight is 381 g/mol. The van der Waals surface area contributed by atoms with E-state index < -0.39 is 11.5 Å². The van der Waals surface area contributed by atoms with Crippen molar-refractivity contribution in [2.75, 3.05) is 5.32 Å². The molecule has 0 saturated carbocycles. The van der Waals surface area contributed by atoms with Gasteiger partial charge in [0.25, 0.3) is 11.5 Å². The molecule has 5 nitrogen and oxygen atoms in total. The molecule has 2 aromatic carbocycles. The maximum atomic E-state index is 12.7. The van der Waals surface area contributed by atoms with Gasteiger partial charge in [0.2, 0.25) is 0 Å². The lowest BCUT2D eigenvalue weighted by molar-refractivity contribution is 0.102. The van der Waals surface area contributed by atoms with Crippen LogP contribution in [-0.4, -0.2) is 15.9 Å². The van der Waals surface area contributed by atoms with Crippen LogP contribution in [0.3, 0.4) is 0 Å². The van der Waals surface area contributed by atoms with Crippen molar-refractivity contribution in [1.29, 1.82) is 0 Å². The Kier molecular flexibility index (Phi) is 5.29. The number of nitrogens with one attached hydrogen (secondary N) is 2. The number of nitrogens with zero attached hydrogens (tertiary/aromatic N) is 1. The van der Waals surface area contributed by atoms with Gasteiger partial charge < -0.3 is 10.3 Å². The quantitative estimate of drug-likeness (QED) is 0.542. The summed E-state index contributed by atoms with van der Waals surface area (Å²) in [6, 6.07) is 23.0. The molecule has 5 heteroatoms. The summed E-state index contributed by atoms with van der Waals surface area (Å²) in [6.45, 7) is 0. The molecule has 2 aromatic heterocycles. The van der Waals surface area contributed by atoms with Crippen molar-refractivity contribution in [3.8, 4) is 11.1 Å². The van der Waals surface area contributed by atoms with Gasteiger partial charge in [-0.05, 0) is 59.0 Å². The number of H-pyrrole nitrogens is 1. The minimum Gasteiger partial charge on any atom is -0.328 e. The molecule has 0 aliphatic heterocycles. The molecule has 2 heterocycles. The highest BCUT2D eigenvalue weighted by atomic mass is 16.2. The van der Waals surface area contributed by atoms with Gasteiger partial charge in [0.1, 0.15) is 5.56 Å². The first-order chi connectivity index (χ1) is 14.2. The largest absolute Gasteiger partial charge is 0.328 e. The molecule has 0 atom stereocenters. The average Bonchev–Trinajstić information content (AvgIpc) is 2.75. The number of amides is 1. The third-order valence-electron chi connectivity index (χ3n) is 4.60. The molecule has 0 spiro atoms. The topological polar surface area (TPSA) is 74.8 Å². The zero-order valence-corrected chi connectivity index (χ0v) is 15.6. The number of hydrogen-bond donors (Lipinski definition) is 2. The van der Waals surface area contributed by atoms with E-state index in [2.05, 4.69) is 27.4 Å². The van der Waals surface area contributed by atoms with Gasteiger partial charge in [-0.3, -0.25) is 14.6 Å². The third-order valence-corrected chi connectivity index (χ3v) is 4.60. The molecule has 0 aliphatic carbocycles. The Hall–Kier alpha value is -3.99. The van der Waals surface area contributed by atoms with Gasteiger partial charge in [-0.1, -0.05) is 42.5 Å². The van der Waals surface area contributed by atoms with E-state index in [9.17, 15) is 9.59 Å². The van der Waals surface area contributed by atoms with Crippen molar-refractivity contribution in [3.63, 3.8) is 0 Å². The first-order valence-corrected chi connectivity index (χ1v) is 9.26. The van der Waals surface area contributed by atoms with E-state index in [1.54, 1.807) is 24.7 Å². The second-order valence-corrected chi connectivity index (χ2v) is 6.68. The Bertz CT molecular complexity index is 1190. The van der Waals surface area contributed by atoms with E-state index in [-0.39, 0.29) is 5.56 Å². The summed E-state index contributed by atoms with van der Waals surface area (Å²) < 4.78 is 0. The molecular weight excluding hydrogens is 362 g/mol. The van der Waals surface area contributed by atoms with Crippen LogP contribution < -0.4 is 10.9 Å². The van der Waals surface area contributed by atoms with Crippen LogP contribution >= 0.6 is 0 Å². The lowest BCUT2D eigenvalue weighted by Crippen LogP contribution is -2.23. The van der Waals surface area contributed by atoms with E-state index >= 15 is 0 Å². The Morgan fingerprint density at radius 3 is 2.41 bits per heavy atom. The van der Waals surface area contributed by atoms with Crippen LogP contribution in [0.15, 0.2) is 96.2 Å². The lowest BCUT2D eigenvalue weighted by Gasteiger charge is -2.09. The standard InChI is InChI=1S/C24H19N3O2/c28-23-22(15-20(16-26-23)19-9-11-25-12-10-19)24(29)27-21-8-4-7-18(14-21)13-17-5-2-1-3-6-17/h1-12,14-16H,13H2,(H,26,28)(H,27,29). The molecule has 0 bridgehead atoms. The molecule has 0 unspecified atom stereocenters. The molecule has 0 aliphatic rings. The minimum absolute atomic E-state index is 0.0628. The third kappa shape index (κ3) is 4.47. The van der Waals surface area contributed by atoms with Gasteiger partial charge in [0, 0.05) is 24.3 Å². The summed E-state index contributed by atoms with van der Waals surface area (Å²) in [7, 11) is 0. The SMILES string of the molecule is O=C(Nc1cccc(Cc2ccccc2)c1)c1cc(-c2ccncc2)c[nH]c1=O. The summed E-state index contributed by atoms with van der Waals surface area (Å²) in [5, 5.41) is 2.83. The van der Waals surface area contributed by atoms with Crippen LogP contribution in [0.5, 0.6) is 0 Å². The number of hydrogen-bond acceptors (Lipinski definition) is 3. The van der Waals surface area contributed by atoms with E-state index in [1.165, 1.54) is 5.56 Å². The molecule has 2 N–H and O–H groups in total. The maximum Gasteiger partial charge on any atom is 0.261 e. The Balaban J connectivity index is 1.55. The second kappa shape index (κ2) is 8.35. The molecular formula is C24H19N3O2. The molecule has 4 rings (SSSR count). The van der Waals surface area contributed by atoms with Crippen LogP contribution in [0, 0.1) is 0 Å². The Morgan fingerprint density at radius 1 is 0.862 bits per heavy atom. The van der Waals surface area contributed by atoms with Gasteiger partial charge in [0.15, 0.2) is 0 Å². The van der Waals surface area contributed by atoms with Crippen molar-refractivity contribution in [3.05, 3.63) is 118 Å². The molecule has 0 radical (unpaired) electrons. The number of anilines is 1. The first kappa shape index (κ1) is 18.4. The maximum absolute atomic E-state index is 12.7. The molecule has 142 valence electrons. The van der Waals surface area contributed by atoms with Crippen LogP contribution in [0.2, 0.25) is 0 Å². The van der Waals surface area contributed by atoms with Crippen LogP contribution in [0.1, 0.15) is 21.5 Å². The number of aromatic amines is 1. The zero-order valence-electron chi connectivity index (χ0n) is 15.6. The predicted molar refractivity (Wildman–Crippen MR) is 114 cm³/mol. The van der Waals surface area contributed by atoms with Crippen molar-refractivity contribution in [1.82, 2.24) is 9.97 Å². The zero-order chi connectivity index (χ0) is 20.1. The number of carbonyl (C=O) groups excluding carboxylic acids is 1. The van der Waals surface area contributed by atoms with E-state index in [0.717, 1.165) is 23.1 Å². The summed E-state index contributed by atoms with van der Waals surface area (Å²) in [5.74, 6) is -0.445. The highest BCUT2D eigenvalue weighted by Crippen LogP contribution is 2.18. The number of rotatable bonds is 5. The normalized spacial score (nSPS) is 10.5. The van der Waals surface area contributed by atoms with Crippen LogP contribution in [0.4, 0.5) is 5.69 Å². The van der Waals surface area contributed by atoms with Gasteiger partial charge in [-0.15, -0.1) is 0 Å². The van der Waals surface area contributed by atoms with E-state index in [0.29, 0.717) is 5.69 Å².